The maximum Gasteiger partial charge on any atom is 0.321 e. The van der Waals surface area contributed by atoms with E-state index in [1.54, 1.807) is 31.3 Å². The van der Waals surface area contributed by atoms with E-state index < -0.39 is 5.97 Å². The number of nitrogens with zero attached hydrogens (tertiary/aromatic N) is 2. The number of hydrogen-bond donors (Lipinski definition) is 2. The number of carbonyl (C=O) groups excluding carboxylic acids is 1. The lowest BCUT2D eigenvalue weighted by atomic mass is 10.1. The van der Waals surface area contributed by atoms with Crippen LogP contribution in [0.25, 0.3) is 0 Å². The number of benzene rings is 1. The van der Waals surface area contributed by atoms with Crippen molar-refractivity contribution in [3.63, 3.8) is 0 Å². The van der Waals surface area contributed by atoms with Gasteiger partial charge in [-0.3, -0.25) is 9.69 Å². The fourth-order valence-electron chi connectivity index (χ4n) is 1.93. The van der Waals surface area contributed by atoms with E-state index in [4.69, 9.17) is 10.4 Å². The van der Waals surface area contributed by atoms with Crippen molar-refractivity contribution < 1.29 is 14.7 Å². The topological polar surface area (TPSA) is 93.4 Å². The fraction of sp³-hybridized carbons (Fsp3) is 0.400. The summed E-state index contributed by atoms with van der Waals surface area (Å²) in [7, 11) is 1.60. The van der Waals surface area contributed by atoms with Crippen LogP contribution in [0, 0.1) is 11.3 Å². The highest BCUT2D eigenvalue weighted by Gasteiger charge is 2.18. The summed E-state index contributed by atoms with van der Waals surface area (Å²) < 4.78 is 0. The Hall–Kier alpha value is -2.55. The van der Waals surface area contributed by atoms with E-state index in [-0.39, 0.29) is 18.5 Å². The number of amides is 2. The van der Waals surface area contributed by atoms with E-state index >= 15 is 0 Å². The second-order valence-electron chi connectivity index (χ2n) is 4.75. The highest BCUT2D eigenvalue weighted by atomic mass is 16.4. The van der Waals surface area contributed by atoms with E-state index in [1.165, 1.54) is 4.90 Å². The minimum Gasteiger partial charge on any atom is -0.481 e. The maximum atomic E-state index is 12.1. The number of carbonyl (C=O) groups is 2. The zero-order chi connectivity index (χ0) is 15.8. The lowest BCUT2D eigenvalue weighted by Crippen LogP contribution is -2.44. The van der Waals surface area contributed by atoms with E-state index in [2.05, 4.69) is 5.32 Å². The standard InChI is InChI=1S/C15H19N3O3/c1-3-4-12(9-14(19)20)17-15(21)18(2)13-7-5-11(10-16)6-8-13/h5-8,12H,3-4,9H2,1-2H3,(H,17,21)(H,19,20). The van der Waals surface area contributed by atoms with Gasteiger partial charge in [-0.1, -0.05) is 13.3 Å². The normalized spacial score (nSPS) is 11.3. The molecule has 0 saturated heterocycles. The summed E-state index contributed by atoms with van der Waals surface area (Å²) >= 11 is 0. The predicted octanol–water partition coefficient (Wildman–Crippen LogP) is 2.35. The smallest absolute Gasteiger partial charge is 0.321 e. The number of carboxylic acid groups (broad SMARTS) is 1. The molecule has 1 atom stereocenters. The zero-order valence-electron chi connectivity index (χ0n) is 12.2. The SMILES string of the molecule is CCCC(CC(=O)O)NC(=O)N(C)c1ccc(C#N)cc1. The number of rotatable bonds is 6. The summed E-state index contributed by atoms with van der Waals surface area (Å²) in [4.78, 5) is 24.3. The van der Waals surface area contributed by atoms with Gasteiger partial charge >= 0.3 is 12.0 Å². The summed E-state index contributed by atoms with van der Waals surface area (Å²) in [5.74, 6) is -0.935. The number of aliphatic carboxylic acids is 1. The third-order valence-corrected chi connectivity index (χ3v) is 3.07. The molecule has 1 unspecified atom stereocenters. The molecule has 6 nitrogen and oxygen atoms in total. The Kier molecular flexibility index (Phi) is 6.21. The molecule has 0 bridgehead atoms. The molecule has 0 aliphatic carbocycles. The molecule has 0 aliphatic heterocycles. The highest BCUT2D eigenvalue weighted by Crippen LogP contribution is 2.14. The maximum absolute atomic E-state index is 12.1. The van der Waals surface area contributed by atoms with Crippen molar-refractivity contribution in [2.75, 3.05) is 11.9 Å². The summed E-state index contributed by atoms with van der Waals surface area (Å²) in [5.41, 5.74) is 1.15. The molecule has 0 fully saturated rings. The van der Waals surface area contributed by atoms with Gasteiger partial charge in [0.15, 0.2) is 0 Å². The molecule has 1 aromatic rings. The van der Waals surface area contributed by atoms with E-state index in [9.17, 15) is 9.59 Å². The molecule has 1 rings (SSSR count). The molecule has 2 amide bonds. The Bertz CT molecular complexity index is 534. The third kappa shape index (κ3) is 5.15. The van der Waals surface area contributed by atoms with Crippen molar-refractivity contribution in [1.29, 1.82) is 5.26 Å². The van der Waals surface area contributed by atoms with Gasteiger partial charge in [-0.15, -0.1) is 0 Å². The van der Waals surface area contributed by atoms with Gasteiger partial charge in [0.05, 0.1) is 18.1 Å². The van der Waals surface area contributed by atoms with Crippen molar-refractivity contribution in [3.8, 4) is 6.07 Å². The minimum absolute atomic E-state index is 0.0964. The summed E-state index contributed by atoms with van der Waals surface area (Å²) in [5, 5.41) is 20.3. The first-order valence-electron chi connectivity index (χ1n) is 6.74. The lowest BCUT2D eigenvalue weighted by molar-refractivity contribution is -0.137. The van der Waals surface area contributed by atoms with E-state index in [0.717, 1.165) is 6.42 Å². The monoisotopic (exact) mass is 289 g/mol. The summed E-state index contributed by atoms with van der Waals surface area (Å²) in [6.07, 6.45) is 1.30. The quantitative estimate of drug-likeness (QED) is 0.840. The van der Waals surface area contributed by atoms with Crippen molar-refractivity contribution in [2.45, 2.75) is 32.2 Å². The van der Waals surface area contributed by atoms with Gasteiger partial charge in [0, 0.05) is 18.8 Å². The van der Waals surface area contributed by atoms with Crippen LogP contribution >= 0.6 is 0 Å². The average molecular weight is 289 g/mol. The van der Waals surface area contributed by atoms with Crippen LogP contribution in [0.15, 0.2) is 24.3 Å². The second-order valence-corrected chi connectivity index (χ2v) is 4.75. The number of nitriles is 1. The minimum atomic E-state index is -0.935. The van der Waals surface area contributed by atoms with Gasteiger partial charge in [-0.25, -0.2) is 4.79 Å². The van der Waals surface area contributed by atoms with Crippen molar-refractivity contribution in [2.24, 2.45) is 0 Å². The predicted molar refractivity (Wildman–Crippen MR) is 79.0 cm³/mol. The van der Waals surface area contributed by atoms with E-state index in [1.807, 2.05) is 13.0 Å². The first-order valence-corrected chi connectivity index (χ1v) is 6.74. The Labute approximate surface area is 124 Å². The summed E-state index contributed by atoms with van der Waals surface area (Å²) in [6, 6.07) is 7.85. The molecule has 2 N–H and O–H groups in total. The molecule has 0 spiro atoms. The van der Waals surface area contributed by atoms with Gasteiger partial charge in [0.1, 0.15) is 0 Å². The molecule has 0 heterocycles. The zero-order valence-corrected chi connectivity index (χ0v) is 12.2. The van der Waals surface area contributed by atoms with Crippen LogP contribution in [0.1, 0.15) is 31.7 Å². The van der Waals surface area contributed by atoms with Gasteiger partial charge in [-0.05, 0) is 30.7 Å². The largest absolute Gasteiger partial charge is 0.481 e. The molecule has 21 heavy (non-hydrogen) atoms. The van der Waals surface area contributed by atoms with Gasteiger partial charge in [0.25, 0.3) is 0 Å². The number of anilines is 1. The highest BCUT2D eigenvalue weighted by molar-refractivity contribution is 5.91. The third-order valence-electron chi connectivity index (χ3n) is 3.07. The molecule has 0 saturated carbocycles. The average Bonchev–Trinajstić information content (AvgIpc) is 2.46. The number of urea groups is 1. The molecule has 0 radical (unpaired) electrons. The van der Waals surface area contributed by atoms with Gasteiger partial charge < -0.3 is 10.4 Å². The van der Waals surface area contributed by atoms with Crippen LogP contribution in [0.5, 0.6) is 0 Å². The molecule has 112 valence electrons. The first kappa shape index (κ1) is 16.5. The second kappa shape index (κ2) is 7.90. The van der Waals surface area contributed by atoms with Crippen LogP contribution in [0.3, 0.4) is 0 Å². The van der Waals surface area contributed by atoms with Crippen molar-refractivity contribution >= 4 is 17.7 Å². The number of hydrogen-bond acceptors (Lipinski definition) is 3. The summed E-state index contributed by atoms with van der Waals surface area (Å²) in [6.45, 7) is 1.94. The number of nitrogens with one attached hydrogen (secondary N) is 1. The fourth-order valence-corrected chi connectivity index (χ4v) is 1.93. The van der Waals surface area contributed by atoms with Gasteiger partial charge in [-0.2, -0.15) is 5.26 Å². The van der Waals surface area contributed by atoms with Crippen LogP contribution in [-0.4, -0.2) is 30.2 Å². The molecular weight excluding hydrogens is 270 g/mol. The molecule has 6 heteroatoms. The van der Waals surface area contributed by atoms with Crippen molar-refractivity contribution in [3.05, 3.63) is 29.8 Å². The Morgan fingerprint density at radius 2 is 2.00 bits per heavy atom. The Morgan fingerprint density at radius 1 is 1.38 bits per heavy atom. The molecule has 0 aliphatic rings. The van der Waals surface area contributed by atoms with Crippen LogP contribution in [-0.2, 0) is 4.79 Å². The van der Waals surface area contributed by atoms with Crippen LogP contribution in [0.4, 0.5) is 10.5 Å². The molecule has 0 aromatic heterocycles. The Morgan fingerprint density at radius 3 is 2.48 bits per heavy atom. The van der Waals surface area contributed by atoms with Gasteiger partial charge in [0.2, 0.25) is 0 Å². The van der Waals surface area contributed by atoms with E-state index in [0.29, 0.717) is 17.7 Å². The molecular formula is C15H19N3O3. The Balaban J connectivity index is 2.71. The van der Waals surface area contributed by atoms with Crippen molar-refractivity contribution in [1.82, 2.24) is 5.32 Å². The first-order chi connectivity index (χ1) is 9.97. The van der Waals surface area contributed by atoms with Crippen LogP contribution in [0.2, 0.25) is 0 Å². The lowest BCUT2D eigenvalue weighted by Gasteiger charge is -2.22. The number of carboxylic acids is 1. The van der Waals surface area contributed by atoms with Crippen LogP contribution < -0.4 is 10.2 Å². The molecule has 1 aromatic carbocycles.